The highest BCUT2D eigenvalue weighted by Crippen LogP contribution is 2.38. The summed E-state index contributed by atoms with van der Waals surface area (Å²) in [5.41, 5.74) is 4.25. The van der Waals surface area contributed by atoms with Gasteiger partial charge in [-0.25, -0.2) is 9.80 Å². The van der Waals surface area contributed by atoms with Crippen LogP contribution in [0.2, 0.25) is 5.02 Å². The summed E-state index contributed by atoms with van der Waals surface area (Å²) in [4.78, 5) is 13.2. The summed E-state index contributed by atoms with van der Waals surface area (Å²) in [6.07, 6.45) is 0.792. The molecule has 0 spiro atoms. The van der Waals surface area contributed by atoms with Crippen LogP contribution in [0, 0.1) is 0 Å². The zero-order valence-corrected chi connectivity index (χ0v) is 20.1. The first-order valence-electron chi connectivity index (χ1n) is 11.5. The minimum Gasteiger partial charge on any atom is -0.487 e. The smallest absolute Gasteiger partial charge is 0.342 e. The number of hydrogen-bond donors (Lipinski definition) is 1. The summed E-state index contributed by atoms with van der Waals surface area (Å²) in [5, 5.41) is 9.85. The molecule has 1 atom stereocenters. The lowest BCUT2D eigenvalue weighted by molar-refractivity contribution is 0.138. The molecule has 0 aliphatic carbocycles. The van der Waals surface area contributed by atoms with E-state index < -0.39 is 0 Å². The SMILES string of the molecule is CC1(C)Cc2cc(NC(=O)N3CC(c4ccc5c(c4)OCO5)C(c4ccc(Cl)cc4)=N3)ccc2O1. The first-order chi connectivity index (χ1) is 16.8. The van der Waals surface area contributed by atoms with Crippen molar-refractivity contribution in [2.45, 2.75) is 31.8 Å². The number of rotatable bonds is 3. The van der Waals surface area contributed by atoms with Gasteiger partial charge >= 0.3 is 6.03 Å². The van der Waals surface area contributed by atoms with Crippen molar-refractivity contribution in [1.29, 1.82) is 0 Å². The number of carbonyl (C=O) groups excluding carboxylic acids is 1. The third-order valence-electron chi connectivity index (χ3n) is 6.40. The Kier molecular flexibility index (Phi) is 5.11. The van der Waals surface area contributed by atoms with Gasteiger partial charge in [-0.2, -0.15) is 5.10 Å². The number of halogens is 1. The molecule has 3 aromatic carbocycles. The number of urea groups is 1. The number of anilines is 1. The highest BCUT2D eigenvalue weighted by Gasteiger charge is 2.34. The van der Waals surface area contributed by atoms with Crippen LogP contribution in [0.1, 0.15) is 36.5 Å². The van der Waals surface area contributed by atoms with Gasteiger partial charge in [0.2, 0.25) is 6.79 Å². The topological polar surface area (TPSA) is 72.4 Å². The number of amides is 2. The van der Waals surface area contributed by atoms with Crippen molar-refractivity contribution in [2.75, 3.05) is 18.7 Å². The third-order valence-corrected chi connectivity index (χ3v) is 6.65. The maximum absolute atomic E-state index is 13.2. The summed E-state index contributed by atoms with van der Waals surface area (Å²) in [6.45, 7) is 4.71. The molecule has 6 rings (SSSR count). The lowest BCUT2D eigenvalue weighted by Crippen LogP contribution is -2.30. The molecule has 1 N–H and O–H groups in total. The molecule has 3 aliphatic heterocycles. The molecule has 0 bridgehead atoms. The quantitative estimate of drug-likeness (QED) is 0.503. The Balaban J connectivity index is 1.28. The lowest BCUT2D eigenvalue weighted by atomic mass is 9.90. The van der Waals surface area contributed by atoms with Gasteiger partial charge in [-0.1, -0.05) is 29.8 Å². The standard InChI is InChI=1S/C27H24ClN3O4/c1-27(2)13-18-11-20(8-10-22(18)35-27)29-26(32)31-14-21(17-5-9-23-24(12-17)34-15-33-23)25(30-31)16-3-6-19(28)7-4-16/h3-12,21H,13-15H2,1-2H3,(H,29,32). The molecule has 7 nitrogen and oxygen atoms in total. The number of fused-ring (bicyclic) bond motifs is 2. The van der Waals surface area contributed by atoms with E-state index in [1.165, 1.54) is 5.01 Å². The van der Waals surface area contributed by atoms with Crippen LogP contribution in [0.25, 0.3) is 0 Å². The van der Waals surface area contributed by atoms with Gasteiger partial charge < -0.3 is 19.5 Å². The molecule has 178 valence electrons. The van der Waals surface area contributed by atoms with Crippen LogP contribution in [0.5, 0.6) is 17.2 Å². The first kappa shape index (κ1) is 21.8. The third kappa shape index (κ3) is 4.17. The fraction of sp³-hybridized carbons (Fsp3) is 0.259. The monoisotopic (exact) mass is 489 g/mol. The Morgan fingerprint density at radius 1 is 1.03 bits per heavy atom. The number of hydrazone groups is 1. The van der Waals surface area contributed by atoms with Crippen LogP contribution >= 0.6 is 11.6 Å². The average Bonchev–Trinajstić information content (AvgIpc) is 3.54. The molecule has 0 fully saturated rings. The van der Waals surface area contributed by atoms with Gasteiger partial charge in [0.05, 0.1) is 12.3 Å². The fourth-order valence-electron chi connectivity index (χ4n) is 4.78. The molecular formula is C27H24ClN3O4. The predicted molar refractivity (Wildman–Crippen MR) is 134 cm³/mol. The Morgan fingerprint density at radius 3 is 2.63 bits per heavy atom. The Bertz CT molecular complexity index is 1350. The Labute approximate surface area is 208 Å². The Morgan fingerprint density at radius 2 is 1.80 bits per heavy atom. The molecule has 3 heterocycles. The molecule has 8 heteroatoms. The maximum Gasteiger partial charge on any atom is 0.342 e. The van der Waals surface area contributed by atoms with Crippen LogP contribution < -0.4 is 19.5 Å². The molecule has 35 heavy (non-hydrogen) atoms. The Hall–Kier alpha value is -3.71. The molecule has 3 aromatic rings. The summed E-state index contributed by atoms with van der Waals surface area (Å²) in [7, 11) is 0. The van der Waals surface area contributed by atoms with E-state index in [0.29, 0.717) is 23.0 Å². The van der Waals surface area contributed by atoms with Crippen LogP contribution in [-0.2, 0) is 6.42 Å². The van der Waals surface area contributed by atoms with Crippen molar-refractivity contribution in [3.8, 4) is 17.2 Å². The number of carbonyl (C=O) groups is 1. The zero-order valence-electron chi connectivity index (χ0n) is 19.4. The summed E-state index contributed by atoms with van der Waals surface area (Å²) in [5.74, 6) is 2.14. The van der Waals surface area contributed by atoms with E-state index >= 15 is 0 Å². The number of ether oxygens (including phenoxy) is 3. The first-order valence-corrected chi connectivity index (χ1v) is 11.9. The molecule has 0 radical (unpaired) electrons. The maximum atomic E-state index is 13.2. The van der Waals surface area contributed by atoms with Crippen molar-refractivity contribution in [1.82, 2.24) is 5.01 Å². The van der Waals surface area contributed by atoms with Gasteiger partial charge in [0.15, 0.2) is 11.5 Å². The highest BCUT2D eigenvalue weighted by atomic mass is 35.5. The lowest BCUT2D eigenvalue weighted by Gasteiger charge is -2.17. The fourth-order valence-corrected chi connectivity index (χ4v) is 4.90. The zero-order chi connectivity index (χ0) is 24.2. The minimum absolute atomic E-state index is 0.134. The van der Waals surface area contributed by atoms with Gasteiger partial charge in [-0.3, -0.25) is 0 Å². The number of nitrogens with zero attached hydrogens (tertiary/aromatic N) is 2. The van der Waals surface area contributed by atoms with Gasteiger partial charge in [-0.05, 0) is 67.4 Å². The van der Waals surface area contributed by atoms with E-state index in [9.17, 15) is 4.79 Å². The molecular weight excluding hydrogens is 466 g/mol. The van der Waals surface area contributed by atoms with Crippen molar-refractivity contribution in [3.05, 3.63) is 82.4 Å². The molecule has 0 saturated carbocycles. The minimum atomic E-state index is -0.294. The summed E-state index contributed by atoms with van der Waals surface area (Å²) < 4.78 is 17.0. The van der Waals surface area contributed by atoms with Crippen molar-refractivity contribution < 1.29 is 19.0 Å². The van der Waals surface area contributed by atoms with E-state index in [4.69, 9.17) is 30.9 Å². The van der Waals surface area contributed by atoms with Crippen molar-refractivity contribution >= 4 is 29.0 Å². The molecule has 0 aromatic heterocycles. The second kappa shape index (κ2) is 8.20. The van der Waals surface area contributed by atoms with Crippen LogP contribution in [0.3, 0.4) is 0 Å². The second-order valence-corrected chi connectivity index (χ2v) is 9.97. The molecule has 2 amide bonds. The number of nitrogens with one attached hydrogen (secondary N) is 1. The number of hydrogen-bond acceptors (Lipinski definition) is 5. The van der Waals surface area contributed by atoms with Crippen molar-refractivity contribution in [2.24, 2.45) is 5.10 Å². The van der Waals surface area contributed by atoms with E-state index in [-0.39, 0.29) is 24.3 Å². The van der Waals surface area contributed by atoms with E-state index in [1.54, 1.807) is 0 Å². The normalized spacial score (nSPS) is 19.2. The van der Waals surface area contributed by atoms with E-state index in [0.717, 1.165) is 40.3 Å². The van der Waals surface area contributed by atoms with Gasteiger partial charge in [-0.15, -0.1) is 0 Å². The van der Waals surface area contributed by atoms with Gasteiger partial charge in [0.1, 0.15) is 11.4 Å². The molecule has 1 unspecified atom stereocenters. The predicted octanol–water partition coefficient (Wildman–Crippen LogP) is 5.82. The summed E-state index contributed by atoms with van der Waals surface area (Å²) in [6, 6.07) is 18.8. The van der Waals surface area contributed by atoms with E-state index in [1.807, 2.05) is 60.7 Å². The van der Waals surface area contributed by atoms with Crippen LogP contribution in [-0.4, -0.2) is 35.7 Å². The van der Waals surface area contributed by atoms with Crippen molar-refractivity contribution in [3.63, 3.8) is 0 Å². The largest absolute Gasteiger partial charge is 0.487 e. The number of benzene rings is 3. The average molecular weight is 490 g/mol. The summed E-state index contributed by atoms with van der Waals surface area (Å²) >= 11 is 6.11. The van der Waals surface area contributed by atoms with Gasteiger partial charge in [0, 0.05) is 28.6 Å². The van der Waals surface area contributed by atoms with Crippen LogP contribution in [0.4, 0.5) is 10.5 Å². The van der Waals surface area contributed by atoms with Gasteiger partial charge in [0.25, 0.3) is 0 Å². The highest BCUT2D eigenvalue weighted by molar-refractivity contribution is 6.30. The van der Waals surface area contributed by atoms with Crippen LogP contribution in [0.15, 0.2) is 65.8 Å². The van der Waals surface area contributed by atoms with E-state index in [2.05, 4.69) is 19.2 Å². The molecule has 0 saturated heterocycles. The second-order valence-electron chi connectivity index (χ2n) is 9.53. The molecule has 3 aliphatic rings.